The largest absolute Gasteiger partial charge is 0.502 e. The van der Waals surface area contributed by atoms with Crippen LogP contribution in [0, 0.1) is 20.2 Å². The summed E-state index contributed by atoms with van der Waals surface area (Å²) in [6, 6.07) is 8.09. The fourth-order valence-electron chi connectivity index (χ4n) is 5.20. The Morgan fingerprint density at radius 3 is 1.64 bits per heavy atom. The first-order valence-electron chi connectivity index (χ1n) is 13.2. The summed E-state index contributed by atoms with van der Waals surface area (Å²) in [5.41, 5.74) is 5.06. The molecule has 5 heterocycles. The quantitative estimate of drug-likeness (QED) is 0.301. The van der Waals surface area contributed by atoms with Gasteiger partial charge in [0, 0.05) is 23.3 Å². The number of halogens is 1. The number of aliphatic imine (C=N–C) groups is 4. The van der Waals surface area contributed by atoms with Gasteiger partial charge in [-0.3, -0.25) is 20.2 Å². The molecule has 0 aromatic heterocycles. The molecule has 0 fully saturated rings. The Hall–Kier alpha value is -6.27. The van der Waals surface area contributed by atoms with Gasteiger partial charge in [0.15, 0.2) is 11.5 Å². The van der Waals surface area contributed by atoms with Gasteiger partial charge in [-0.15, -0.1) is 12.4 Å². The maximum Gasteiger partial charge on any atom is 0.311 e. The van der Waals surface area contributed by atoms with Gasteiger partial charge in [0.25, 0.3) is 0 Å². The number of allylic oxidation sites excluding steroid dienone is 12. The van der Waals surface area contributed by atoms with Crippen LogP contribution in [0.5, 0.6) is 11.5 Å². The van der Waals surface area contributed by atoms with Gasteiger partial charge in [-0.1, -0.05) is 12.1 Å². The van der Waals surface area contributed by atoms with Crippen LogP contribution < -0.4 is 0 Å². The number of phenolic OH excluding ortho intramolecular Hbond substituents is 2. The van der Waals surface area contributed by atoms with Gasteiger partial charge in [-0.25, -0.2) is 20.0 Å². The first-order valence-corrected chi connectivity index (χ1v) is 13.2. The highest BCUT2D eigenvalue weighted by atomic mass is 35.5. The van der Waals surface area contributed by atoms with E-state index in [-0.39, 0.29) is 12.4 Å². The summed E-state index contributed by atoms with van der Waals surface area (Å²) in [6.45, 7) is 0. The SMILES string of the molecule is Cl.O=[N+]([O-])c1cc(C2=C3C=CC(=N3)C=C3C=CC(=N3)C=C3C=CC(=N3)C(c3ccc(O)c([N+](=O)[O-])c3)=C3C=CC2=N3)ccc1O. The van der Waals surface area contributed by atoms with Crippen molar-refractivity contribution in [1.82, 2.24) is 0 Å². The molecule has 0 saturated heterocycles. The van der Waals surface area contributed by atoms with Gasteiger partial charge in [0.2, 0.25) is 0 Å². The summed E-state index contributed by atoms with van der Waals surface area (Å²) in [4.78, 5) is 41.0. The van der Waals surface area contributed by atoms with E-state index in [1.165, 1.54) is 24.3 Å². The highest BCUT2D eigenvalue weighted by Gasteiger charge is 2.26. The zero-order valence-corrected chi connectivity index (χ0v) is 23.7. The fraction of sp³-hybridized carbons (Fsp3) is 0. The maximum atomic E-state index is 11.7. The van der Waals surface area contributed by atoms with Gasteiger partial charge >= 0.3 is 11.4 Å². The fourth-order valence-corrected chi connectivity index (χ4v) is 5.20. The second-order valence-corrected chi connectivity index (χ2v) is 9.98. The molecule has 0 amide bonds. The average molecular weight is 619 g/mol. The van der Waals surface area contributed by atoms with Crippen molar-refractivity contribution in [3.63, 3.8) is 0 Å². The molecule has 220 valence electrons. The summed E-state index contributed by atoms with van der Waals surface area (Å²) in [6.07, 6.45) is 17.8. The minimum atomic E-state index is -0.672. The molecular formula is C32H19ClN6O6. The van der Waals surface area contributed by atoms with Crippen LogP contribution >= 0.6 is 12.4 Å². The van der Waals surface area contributed by atoms with E-state index in [4.69, 9.17) is 15.0 Å². The summed E-state index contributed by atoms with van der Waals surface area (Å²) >= 11 is 0. The molecule has 2 aromatic carbocycles. The number of benzene rings is 2. The molecule has 5 aliphatic rings. The number of rotatable bonds is 4. The summed E-state index contributed by atoms with van der Waals surface area (Å²) in [5.74, 6) is -0.962. The lowest BCUT2D eigenvalue weighted by atomic mass is 9.98. The van der Waals surface area contributed by atoms with Crippen molar-refractivity contribution in [2.75, 3.05) is 0 Å². The second-order valence-electron chi connectivity index (χ2n) is 9.98. The standard InChI is InChI=1S/C32H18N6O6.ClH/c39-29-11-1-17(13-27(29)37(41)42)31-23-7-5-21(34-23)15-19-3-4-20(33-19)16-22-6-8-24(35-22)32(26-10-9-25(31)36-26)18-2-12-30(40)28(14-18)38(43)44;/h1-16,39-40H;1H. The number of nitro groups is 2. The first-order chi connectivity index (χ1) is 21.2. The third-order valence-electron chi connectivity index (χ3n) is 7.18. The van der Waals surface area contributed by atoms with Crippen LogP contribution in [0.2, 0.25) is 0 Å². The summed E-state index contributed by atoms with van der Waals surface area (Å²) in [7, 11) is 0. The number of hydrogen-bond donors (Lipinski definition) is 2. The minimum Gasteiger partial charge on any atom is -0.502 e. The summed E-state index contributed by atoms with van der Waals surface area (Å²) < 4.78 is 0. The molecule has 0 atom stereocenters. The predicted octanol–water partition coefficient (Wildman–Crippen LogP) is 6.28. The van der Waals surface area contributed by atoms with Crippen molar-refractivity contribution in [3.8, 4) is 11.5 Å². The van der Waals surface area contributed by atoms with Crippen molar-refractivity contribution in [3.05, 3.63) is 151 Å². The predicted molar refractivity (Wildman–Crippen MR) is 173 cm³/mol. The Morgan fingerprint density at radius 1 is 0.556 bits per heavy atom. The zero-order valence-electron chi connectivity index (χ0n) is 22.9. The molecule has 0 saturated carbocycles. The molecule has 2 N–H and O–H groups in total. The number of fused-ring (bicyclic) bond motifs is 4. The first kappa shape index (κ1) is 28.8. The lowest BCUT2D eigenvalue weighted by molar-refractivity contribution is -0.386. The Bertz CT molecular complexity index is 2080. The van der Waals surface area contributed by atoms with Crippen molar-refractivity contribution in [2.45, 2.75) is 0 Å². The molecule has 0 aliphatic carbocycles. The monoisotopic (exact) mass is 618 g/mol. The van der Waals surface area contributed by atoms with E-state index in [9.17, 15) is 30.4 Å². The van der Waals surface area contributed by atoms with Crippen LogP contribution in [0.3, 0.4) is 0 Å². The van der Waals surface area contributed by atoms with Crippen molar-refractivity contribution in [2.24, 2.45) is 20.0 Å². The average Bonchev–Trinajstić information content (AvgIpc) is 3.81. The number of hydrogen-bond acceptors (Lipinski definition) is 10. The van der Waals surface area contributed by atoms with E-state index >= 15 is 0 Å². The normalized spacial score (nSPS) is 17.5. The molecule has 12 nitrogen and oxygen atoms in total. The van der Waals surface area contributed by atoms with Gasteiger partial charge < -0.3 is 10.2 Å². The van der Waals surface area contributed by atoms with Crippen LogP contribution in [0.4, 0.5) is 11.4 Å². The van der Waals surface area contributed by atoms with Crippen molar-refractivity contribution < 1.29 is 20.1 Å². The van der Waals surface area contributed by atoms with Crippen molar-refractivity contribution in [1.29, 1.82) is 0 Å². The van der Waals surface area contributed by atoms with E-state index in [0.717, 1.165) is 0 Å². The Labute approximate surface area is 260 Å². The Balaban J connectivity index is 0.00000357. The number of nitro benzene ring substituents is 2. The maximum absolute atomic E-state index is 11.7. The topological polar surface area (TPSA) is 176 Å². The van der Waals surface area contributed by atoms with Gasteiger partial charge in [0.05, 0.1) is 55.5 Å². The zero-order chi connectivity index (χ0) is 30.5. The number of phenols is 2. The van der Waals surface area contributed by atoms with Crippen LogP contribution in [0.1, 0.15) is 11.1 Å². The molecule has 7 rings (SSSR count). The van der Waals surface area contributed by atoms with Gasteiger partial charge in [-0.2, -0.15) is 0 Å². The lowest BCUT2D eigenvalue weighted by Crippen LogP contribution is -2.03. The second kappa shape index (κ2) is 11.1. The van der Waals surface area contributed by atoms with Crippen molar-refractivity contribution >= 4 is 57.8 Å². The van der Waals surface area contributed by atoms with E-state index < -0.39 is 32.7 Å². The van der Waals surface area contributed by atoms with E-state index in [1.54, 1.807) is 60.7 Å². The summed E-state index contributed by atoms with van der Waals surface area (Å²) in [5, 5.41) is 43.6. The molecule has 45 heavy (non-hydrogen) atoms. The molecule has 0 radical (unpaired) electrons. The lowest BCUT2D eigenvalue weighted by Gasteiger charge is -2.11. The molecule has 0 unspecified atom stereocenters. The third-order valence-corrected chi connectivity index (χ3v) is 7.18. The molecule has 5 aliphatic heterocycles. The van der Waals surface area contributed by atoms with Crippen LogP contribution in [-0.4, -0.2) is 42.9 Å². The van der Waals surface area contributed by atoms with Crippen LogP contribution in [-0.2, 0) is 0 Å². The van der Waals surface area contributed by atoms with E-state index in [1.807, 2.05) is 12.2 Å². The molecule has 0 spiro atoms. The molecular weight excluding hydrogens is 600 g/mol. The number of nitrogens with zero attached hydrogens (tertiary/aromatic N) is 6. The molecule has 2 aromatic rings. The number of aromatic hydroxyl groups is 2. The van der Waals surface area contributed by atoms with E-state index in [0.29, 0.717) is 67.9 Å². The van der Waals surface area contributed by atoms with Gasteiger partial charge in [0.1, 0.15) is 0 Å². The Morgan fingerprint density at radius 2 is 1.02 bits per heavy atom. The molecule has 13 heteroatoms. The highest BCUT2D eigenvalue weighted by molar-refractivity contribution is 6.36. The Kier molecular flexibility index (Phi) is 7.11. The highest BCUT2D eigenvalue weighted by Crippen LogP contribution is 2.38. The van der Waals surface area contributed by atoms with Crippen LogP contribution in [0.15, 0.2) is 140 Å². The smallest absolute Gasteiger partial charge is 0.311 e. The molecule has 8 bridgehead atoms. The van der Waals surface area contributed by atoms with Gasteiger partial charge in [-0.05, 0) is 84.0 Å². The van der Waals surface area contributed by atoms with E-state index in [2.05, 4.69) is 4.99 Å². The minimum absolute atomic E-state index is 0. The third kappa shape index (κ3) is 5.26. The van der Waals surface area contributed by atoms with Crippen LogP contribution in [0.25, 0.3) is 11.1 Å².